The van der Waals surface area contributed by atoms with Crippen molar-refractivity contribution in [2.24, 2.45) is 0 Å². The minimum Gasteiger partial charge on any atom is -0.494 e. The maximum Gasteiger partial charge on any atom is 0.416 e. The molecule has 0 fully saturated rings. The molecule has 6 nitrogen and oxygen atoms in total. The number of Topliss-reactive ketones (excluding diaryl/α,β-unsaturated/α-hetero) is 1. The molecule has 1 aromatic heterocycles. The number of ketones is 1. The highest BCUT2D eigenvalue weighted by atomic mass is 32.1. The van der Waals surface area contributed by atoms with Gasteiger partial charge in [0.05, 0.1) is 35.9 Å². The van der Waals surface area contributed by atoms with Crippen molar-refractivity contribution in [1.82, 2.24) is 4.57 Å². The van der Waals surface area contributed by atoms with Crippen LogP contribution in [0.3, 0.4) is 0 Å². The first-order chi connectivity index (χ1) is 17.0. The largest absolute Gasteiger partial charge is 0.494 e. The smallest absolute Gasteiger partial charge is 0.416 e. The third-order valence-corrected chi connectivity index (χ3v) is 6.16. The number of benzene rings is 2. The predicted molar refractivity (Wildman–Crippen MR) is 131 cm³/mol. The third-order valence-electron chi connectivity index (χ3n) is 5.10. The van der Waals surface area contributed by atoms with Gasteiger partial charge in [-0.1, -0.05) is 12.1 Å². The van der Waals surface area contributed by atoms with Gasteiger partial charge in [-0.2, -0.15) is 13.2 Å². The van der Waals surface area contributed by atoms with Crippen molar-refractivity contribution in [2.75, 3.05) is 13.2 Å². The lowest BCUT2D eigenvalue weighted by molar-refractivity contribution is -0.137. The molecule has 0 saturated heterocycles. The standard InChI is InChI=1S/C26H24F3NO5S/c1-4-34-21-11-8-18(16(3)31)13-19(21)15-30-23(14-24(32)35-5-2)36-22(25(30)33)12-17-6-9-20(10-7-17)26(27,28)29/h6-14H,4-5,15H2,1-3H3. The number of alkyl halides is 3. The number of hydrogen-bond acceptors (Lipinski definition) is 6. The van der Waals surface area contributed by atoms with E-state index in [0.717, 1.165) is 23.5 Å². The van der Waals surface area contributed by atoms with Crippen LogP contribution in [0.2, 0.25) is 0 Å². The first-order valence-corrected chi connectivity index (χ1v) is 11.9. The van der Waals surface area contributed by atoms with Gasteiger partial charge in [-0.15, -0.1) is 11.3 Å². The number of carbonyl (C=O) groups excluding carboxylic acids is 2. The summed E-state index contributed by atoms with van der Waals surface area (Å²) < 4.78 is 51.1. The molecule has 1 heterocycles. The van der Waals surface area contributed by atoms with Crippen molar-refractivity contribution in [3.05, 3.63) is 84.3 Å². The Balaban J connectivity index is 2.16. The Labute approximate surface area is 208 Å². The molecule has 0 bridgehead atoms. The van der Waals surface area contributed by atoms with Crippen LogP contribution in [0.4, 0.5) is 13.2 Å². The highest BCUT2D eigenvalue weighted by Crippen LogP contribution is 2.29. The number of halogens is 3. The van der Waals surface area contributed by atoms with Gasteiger partial charge in [0.2, 0.25) is 0 Å². The first kappa shape index (κ1) is 26.9. The van der Waals surface area contributed by atoms with Crippen molar-refractivity contribution in [3.63, 3.8) is 0 Å². The Bertz CT molecular complexity index is 1440. The molecule has 0 aliphatic heterocycles. The quantitative estimate of drug-likeness (QED) is 0.335. The molecule has 0 spiro atoms. The molecule has 36 heavy (non-hydrogen) atoms. The van der Waals surface area contributed by atoms with Crippen LogP contribution in [0, 0.1) is 0 Å². The van der Waals surface area contributed by atoms with Crippen LogP contribution >= 0.6 is 11.3 Å². The van der Waals surface area contributed by atoms with E-state index in [4.69, 9.17) is 9.47 Å². The molecule has 0 saturated carbocycles. The minimum atomic E-state index is -4.47. The molecular formula is C26H24F3NO5S. The summed E-state index contributed by atoms with van der Waals surface area (Å²) in [4.78, 5) is 37.4. The van der Waals surface area contributed by atoms with E-state index in [1.807, 2.05) is 0 Å². The molecule has 0 aliphatic rings. The van der Waals surface area contributed by atoms with Gasteiger partial charge in [0.1, 0.15) is 10.4 Å². The minimum absolute atomic E-state index is 0.00211. The molecule has 3 rings (SSSR count). The molecule has 0 unspecified atom stereocenters. The van der Waals surface area contributed by atoms with Crippen LogP contribution in [0.1, 0.15) is 47.8 Å². The number of aromatic nitrogens is 1. The molecule has 0 N–H and O–H groups in total. The predicted octanol–water partition coefficient (Wildman–Crippen LogP) is 3.75. The number of ether oxygens (including phenoxy) is 2. The normalized spacial score (nSPS) is 12.6. The van der Waals surface area contributed by atoms with Crippen molar-refractivity contribution in [1.29, 1.82) is 0 Å². The molecule has 0 aliphatic carbocycles. The summed E-state index contributed by atoms with van der Waals surface area (Å²) in [6.45, 7) is 5.38. The maximum atomic E-state index is 13.3. The average molecular weight is 520 g/mol. The van der Waals surface area contributed by atoms with E-state index in [-0.39, 0.29) is 28.1 Å². The Morgan fingerprint density at radius 1 is 1.06 bits per heavy atom. The molecule has 190 valence electrons. The van der Waals surface area contributed by atoms with Crippen LogP contribution < -0.4 is 19.5 Å². The molecule has 2 aromatic carbocycles. The SMILES string of the molecule is CCOC(=O)C=c1sc(=Cc2ccc(C(F)(F)F)cc2)c(=O)n1Cc1cc(C(C)=O)ccc1OCC. The molecule has 10 heteroatoms. The fraction of sp³-hybridized carbons (Fsp3) is 0.269. The average Bonchev–Trinajstić information content (AvgIpc) is 3.08. The van der Waals surface area contributed by atoms with Crippen LogP contribution in [-0.2, 0) is 22.3 Å². The fourth-order valence-corrected chi connectivity index (χ4v) is 4.42. The Morgan fingerprint density at radius 3 is 2.33 bits per heavy atom. The lowest BCUT2D eigenvalue weighted by Gasteiger charge is -2.12. The van der Waals surface area contributed by atoms with Crippen LogP contribution in [0.5, 0.6) is 5.75 Å². The van der Waals surface area contributed by atoms with Crippen molar-refractivity contribution in [3.8, 4) is 5.75 Å². The second-order valence-corrected chi connectivity index (χ2v) is 8.73. The van der Waals surface area contributed by atoms with Crippen LogP contribution in [0.15, 0.2) is 47.3 Å². The summed E-state index contributed by atoms with van der Waals surface area (Å²) in [7, 11) is 0. The summed E-state index contributed by atoms with van der Waals surface area (Å²) in [5.41, 5.74) is 0.137. The van der Waals surface area contributed by atoms with E-state index in [2.05, 4.69) is 0 Å². The highest BCUT2D eigenvalue weighted by molar-refractivity contribution is 7.07. The van der Waals surface area contributed by atoms with E-state index in [9.17, 15) is 27.6 Å². The summed E-state index contributed by atoms with van der Waals surface area (Å²) in [6, 6.07) is 9.32. The molecular weight excluding hydrogens is 495 g/mol. The first-order valence-electron chi connectivity index (χ1n) is 11.1. The lowest BCUT2D eigenvalue weighted by atomic mass is 10.1. The monoisotopic (exact) mass is 519 g/mol. The Morgan fingerprint density at radius 2 is 1.75 bits per heavy atom. The van der Waals surface area contributed by atoms with Gasteiger partial charge in [-0.3, -0.25) is 14.2 Å². The number of carbonyl (C=O) groups is 2. The van der Waals surface area contributed by atoms with Gasteiger partial charge in [0, 0.05) is 11.1 Å². The summed E-state index contributed by atoms with van der Waals surface area (Å²) in [6.07, 6.45) is -1.82. The van der Waals surface area contributed by atoms with Gasteiger partial charge in [-0.05, 0) is 62.7 Å². The Kier molecular flexibility index (Phi) is 8.52. The van der Waals surface area contributed by atoms with Gasteiger partial charge >= 0.3 is 12.1 Å². The zero-order chi connectivity index (χ0) is 26.5. The van der Waals surface area contributed by atoms with Gasteiger partial charge in [-0.25, -0.2) is 4.79 Å². The van der Waals surface area contributed by atoms with E-state index >= 15 is 0 Å². The zero-order valence-electron chi connectivity index (χ0n) is 19.8. The maximum absolute atomic E-state index is 13.3. The van der Waals surface area contributed by atoms with E-state index < -0.39 is 23.3 Å². The summed E-state index contributed by atoms with van der Waals surface area (Å²) in [5.74, 6) is -0.321. The summed E-state index contributed by atoms with van der Waals surface area (Å²) >= 11 is 1.00. The van der Waals surface area contributed by atoms with Gasteiger partial charge < -0.3 is 9.47 Å². The molecule has 3 aromatic rings. The highest BCUT2D eigenvalue weighted by Gasteiger charge is 2.29. The van der Waals surface area contributed by atoms with Gasteiger partial charge in [0.15, 0.2) is 5.78 Å². The van der Waals surface area contributed by atoms with Crippen molar-refractivity contribution < 1.29 is 32.2 Å². The van der Waals surface area contributed by atoms with Crippen molar-refractivity contribution in [2.45, 2.75) is 33.5 Å². The summed E-state index contributed by atoms with van der Waals surface area (Å²) in [5, 5.41) is 0. The van der Waals surface area contributed by atoms with Crippen LogP contribution in [0.25, 0.3) is 12.2 Å². The van der Waals surface area contributed by atoms with E-state index in [1.54, 1.807) is 32.0 Å². The van der Waals surface area contributed by atoms with Crippen molar-refractivity contribution >= 4 is 35.2 Å². The molecule has 0 atom stereocenters. The number of hydrogen-bond donors (Lipinski definition) is 0. The lowest BCUT2D eigenvalue weighted by Crippen LogP contribution is -2.32. The molecule has 0 radical (unpaired) electrons. The van der Waals surface area contributed by atoms with E-state index in [1.165, 1.54) is 35.8 Å². The molecule has 0 amide bonds. The van der Waals surface area contributed by atoms with Crippen LogP contribution in [-0.4, -0.2) is 29.5 Å². The van der Waals surface area contributed by atoms with Gasteiger partial charge in [0.25, 0.3) is 5.56 Å². The Hall–Kier alpha value is -3.66. The zero-order valence-corrected chi connectivity index (χ0v) is 20.7. The topological polar surface area (TPSA) is 74.6 Å². The third kappa shape index (κ3) is 6.51. The number of rotatable bonds is 8. The second-order valence-electron chi connectivity index (χ2n) is 7.67. The number of thiazole rings is 1. The second kappa shape index (κ2) is 11.4. The fourth-order valence-electron chi connectivity index (χ4n) is 3.39. The number of esters is 1. The number of nitrogens with zero attached hydrogens (tertiary/aromatic N) is 1. The van der Waals surface area contributed by atoms with E-state index in [0.29, 0.717) is 29.0 Å².